The van der Waals surface area contributed by atoms with Crippen LogP contribution in [0.1, 0.15) is 16.7 Å². The Bertz CT molecular complexity index is 1050. The van der Waals surface area contributed by atoms with Gasteiger partial charge in [-0.05, 0) is 48.4 Å². The average Bonchev–Trinajstić information content (AvgIpc) is 2.61. The molecule has 10 heteroatoms. The molecule has 0 saturated carbocycles. The molecule has 156 valence electrons. The fourth-order valence-electron chi connectivity index (χ4n) is 2.51. The fourth-order valence-corrected chi connectivity index (χ4v) is 3.02. The number of benzene rings is 2. The number of aliphatic imine (C=N–C) groups is 1. The van der Waals surface area contributed by atoms with Gasteiger partial charge in [0.05, 0.1) is 4.90 Å². The molecule has 29 heavy (non-hydrogen) atoms. The van der Waals surface area contributed by atoms with E-state index in [1.807, 2.05) is 0 Å². The summed E-state index contributed by atoms with van der Waals surface area (Å²) in [7, 11) is -2.45. The minimum absolute atomic E-state index is 0.0877. The van der Waals surface area contributed by atoms with Crippen molar-refractivity contribution >= 4 is 15.9 Å². The zero-order chi connectivity index (χ0) is 22.0. The van der Waals surface area contributed by atoms with E-state index in [9.17, 15) is 26.0 Å². The second kappa shape index (κ2) is 8.34. The van der Waals surface area contributed by atoms with E-state index in [4.69, 9.17) is 5.14 Å². The van der Waals surface area contributed by atoms with E-state index in [-0.39, 0.29) is 22.8 Å². The molecule has 0 aliphatic rings. The van der Waals surface area contributed by atoms with Crippen molar-refractivity contribution in [3.8, 4) is 0 Å². The van der Waals surface area contributed by atoms with Gasteiger partial charge >= 0.3 is 6.18 Å². The molecule has 0 aliphatic heterocycles. The monoisotopic (exact) mass is 429 g/mol. The van der Waals surface area contributed by atoms with Gasteiger partial charge in [0.15, 0.2) is 0 Å². The second-order valence-electron chi connectivity index (χ2n) is 6.39. The lowest BCUT2D eigenvalue weighted by atomic mass is 10.1. The van der Waals surface area contributed by atoms with Gasteiger partial charge in [-0.3, -0.25) is 0 Å². The van der Waals surface area contributed by atoms with Crippen LogP contribution in [0.4, 0.5) is 17.6 Å². The van der Waals surface area contributed by atoms with Gasteiger partial charge in [0.1, 0.15) is 17.3 Å². The minimum atomic E-state index is -4.74. The summed E-state index contributed by atoms with van der Waals surface area (Å²) >= 11 is 0. The predicted octanol–water partition coefficient (Wildman–Crippen LogP) is 3.74. The fraction of sp³-hybridized carbons (Fsp3) is 0.211. The molecule has 0 aliphatic carbocycles. The summed E-state index contributed by atoms with van der Waals surface area (Å²) < 4.78 is 75.2. The molecule has 0 fully saturated rings. The van der Waals surface area contributed by atoms with E-state index in [0.29, 0.717) is 11.1 Å². The van der Waals surface area contributed by atoms with Crippen molar-refractivity contribution < 1.29 is 26.0 Å². The molecule has 5 nitrogen and oxygen atoms in total. The molecule has 2 aromatic rings. The largest absolute Gasteiger partial charge is 0.432 e. The van der Waals surface area contributed by atoms with Crippen molar-refractivity contribution in [3.05, 3.63) is 77.2 Å². The van der Waals surface area contributed by atoms with Gasteiger partial charge in [0.2, 0.25) is 10.0 Å². The Morgan fingerprint density at radius 3 is 2.24 bits per heavy atom. The van der Waals surface area contributed by atoms with Gasteiger partial charge in [-0.15, -0.1) is 0 Å². The second-order valence-corrected chi connectivity index (χ2v) is 7.95. The molecular weight excluding hydrogens is 410 g/mol. The number of allylic oxidation sites excluding steroid dienone is 1. The number of rotatable bonds is 5. The van der Waals surface area contributed by atoms with Crippen LogP contribution in [0.15, 0.2) is 64.6 Å². The first-order chi connectivity index (χ1) is 13.3. The van der Waals surface area contributed by atoms with E-state index in [2.05, 4.69) is 11.6 Å². The summed E-state index contributed by atoms with van der Waals surface area (Å²) in [6.45, 7) is 4.66. The molecule has 2 N–H and O–H groups in total. The Hall–Kier alpha value is -2.72. The third kappa shape index (κ3) is 5.88. The van der Waals surface area contributed by atoms with Crippen LogP contribution in [0, 0.1) is 12.7 Å². The minimum Gasteiger partial charge on any atom is -0.355 e. The van der Waals surface area contributed by atoms with Gasteiger partial charge < -0.3 is 4.90 Å². The third-order valence-corrected chi connectivity index (χ3v) is 4.94. The van der Waals surface area contributed by atoms with Gasteiger partial charge in [0, 0.05) is 19.2 Å². The Labute approximate surface area is 166 Å². The standard InChI is InChI=1S/C19H19F4N3O2S/c1-12-10-14(4-9-17(12)20)11-26(3)18(25-13(2)19(21,22)23)15-5-7-16(8-6-15)29(24,27)28/h4-10H,2,11H2,1,3H3,(H2,24,27,28)/b25-18-. The van der Waals surface area contributed by atoms with Gasteiger partial charge in [0.25, 0.3) is 0 Å². The lowest BCUT2D eigenvalue weighted by Crippen LogP contribution is -2.28. The van der Waals surface area contributed by atoms with Crippen molar-refractivity contribution in [1.82, 2.24) is 4.90 Å². The van der Waals surface area contributed by atoms with Crippen LogP contribution >= 0.6 is 0 Å². The van der Waals surface area contributed by atoms with Gasteiger partial charge in [-0.1, -0.05) is 18.7 Å². The maximum Gasteiger partial charge on any atom is 0.432 e. The Kier molecular flexibility index (Phi) is 6.49. The van der Waals surface area contributed by atoms with Crippen LogP contribution in [0.25, 0.3) is 0 Å². The summed E-state index contributed by atoms with van der Waals surface area (Å²) in [5, 5.41) is 5.05. The molecule has 0 radical (unpaired) electrons. The first-order valence-electron chi connectivity index (χ1n) is 8.23. The van der Waals surface area contributed by atoms with Crippen LogP contribution in [-0.4, -0.2) is 32.4 Å². The van der Waals surface area contributed by atoms with E-state index < -0.39 is 27.7 Å². The molecule has 0 heterocycles. The summed E-state index contributed by atoms with van der Waals surface area (Å²) in [5.41, 5.74) is -0.0428. The third-order valence-electron chi connectivity index (χ3n) is 4.01. The summed E-state index contributed by atoms with van der Waals surface area (Å²) in [5.74, 6) is -0.482. The number of halogens is 4. The average molecular weight is 429 g/mol. The topological polar surface area (TPSA) is 75.8 Å². The SMILES string of the molecule is C=C(/N=C(/c1ccc(S(N)(=O)=O)cc1)N(C)Cc1ccc(F)c(C)c1)C(F)(F)F. The number of aryl methyl sites for hydroxylation is 1. The Morgan fingerprint density at radius 2 is 1.76 bits per heavy atom. The lowest BCUT2D eigenvalue weighted by Gasteiger charge is -2.23. The van der Waals surface area contributed by atoms with Crippen LogP contribution in [0.3, 0.4) is 0 Å². The summed E-state index contributed by atoms with van der Waals surface area (Å²) in [6, 6.07) is 9.30. The Morgan fingerprint density at radius 1 is 1.17 bits per heavy atom. The van der Waals surface area contributed by atoms with E-state index >= 15 is 0 Å². The zero-order valence-corrected chi connectivity index (χ0v) is 16.5. The molecule has 0 aromatic heterocycles. The molecular formula is C19H19F4N3O2S. The van der Waals surface area contributed by atoms with Crippen molar-refractivity contribution in [2.24, 2.45) is 10.1 Å². The number of hydrogen-bond acceptors (Lipinski definition) is 3. The highest BCUT2D eigenvalue weighted by atomic mass is 32.2. The highest BCUT2D eigenvalue weighted by molar-refractivity contribution is 7.89. The molecule has 0 saturated heterocycles. The number of nitrogens with zero attached hydrogens (tertiary/aromatic N) is 2. The molecule has 0 bridgehead atoms. The highest BCUT2D eigenvalue weighted by Crippen LogP contribution is 2.26. The quantitative estimate of drug-likeness (QED) is 0.447. The normalized spacial score (nSPS) is 12.7. The molecule has 2 rings (SSSR count). The van der Waals surface area contributed by atoms with Crippen molar-refractivity contribution in [2.45, 2.75) is 24.5 Å². The van der Waals surface area contributed by atoms with E-state index in [1.54, 1.807) is 13.0 Å². The Balaban J connectivity index is 2.45. The van der Waals surface area contributed by atoms with Gasteiger partial charge in [-0.2, -0.15) is 13.2 Å². The number of sulfonamides is 1. The number of amidine groups is 1. The zero-order valence-electron chi connectivity index (χ0n) is 15.7. The smallest absolute Gasteiger partial charge is 0.355 e. The van der Waals surface area contributed by atoms with Crippen molar-refractivity contribution in [2.75, 3.05) is 7.05 Å². The number of primary sulfonamides is 1. The molecule has 0 spiro atoms. The summed E-state index contributed by atoms with van der Waals surface area (Å²) in [4.78, 5) is 4.85. The molecule has 0 atom stereocenters. The maximum absolute atomic E-state index is 13.5. The number of alkyl halides is 3. The van der Waals surface area contributed by atoms with Crippen LogP contribution in [0.2, 0.25) is 0 Å². The number of hydrogen-bond donors (Lipinski definition) is 1. The lowest BCUT2D eigenvalue weighted by molar-refractivity contribution is -0.0919. The summed E-state index contributed by atoms with van der Waals surface area (Å²) in [6.07, 6.45) is -4.74. The predicted molar refractivity (Wildman–Crippen MR) is 102 cm³/mol. The van der Waals surface area contributed by atoms with Gasteiger partial charge in [-0.25, -0.2) is 22.9 Å². The first-order valence-corrected chi connectivity index (χ1v) is 9.78. The maximum atomic E-state index is 13.5. The van der Waals surface area contributed by atoms with Crippen LogP contribution < -0.4 is 5.14 Å². The van der Waals surface area contributed by atoms with Crippen LogP contribution in [0.5, 0.6) is 0 Å². The van der Waals surface area contributed by atoms with Crippen molar-refractivity contribution in [1.29, 1.82) is 0 Å². The molecule has 2 aromatic carbocycles. The van der Waals surface area contributed by atoms with Crippen LogP contribution in [-0.2, 0) is 16.6 Å². The highest BCUT2D eigenvalue weighted by Gasteiger charge is 2.33. The van der Waals surface area contributed by atoms with Crippen molar-refractivity contribution in [3.63, 3.8) is 0 Å². The molecule has 0 unspecified atom stereocenters. The van der Waals surface area contributed by atoms with E-state index in [1.165, 1.54) is 48.3 Å². The first kappa shape index (κ1) is 22.6. The molecule has 0 amide bonds. The number of nitrogens with two attached hydrogens (primary N) is 1. The van der Waals surface area contributed by atoms with E-state index in [0.717, 1.165) is 0 Å².